The number of likely N-dealkylation sites (tertiary alicyclic amines) is 1. The molecule has 1 N–H and O–H groups in total. The Balaban J connectivity index is 1.50. The molecule has 1 aromatic heterocycles. The fourth-order valence-corrected chi connectivity index (χ4v) is 3.33. The second kappa shape index (κ2) is 7.19. The zero-order valence-corrected chi connectivity index (χ0v) is 13.1. The molecule has 0 spiro atoms. The van der Waals surface area contributed by atoms with Crippen molar-refractivity contribution in [2.45, 2.75) is 45.2 Å². The SMILES string of the molecule is Cc1nonc1CNC(=O)[C@@H]1CCCN(C2CCOCC2)C1. The van der Waals surface area contributed by atoms with Crippen LogP contribution in [-0.4, -0.2) is 53.5 Å². The number of nitrogens with one attached hydrogen (secondary N) is 1. The van der Waals surface area contributed by atoms with Crippen molar-refractivity contribution in [2.75, 3.05) is 26.3 Å². The van der Waals surface area contributed by atoms with E-state index in [1.807, 2.05) is 6.92 Å². The van der Waals surface area contributed by atoms with Crippen LogP contribution in [0.2, 0.25) is 0 Å². The summed E-state index contributed by atoms with van der Waals surface area (Å²) in [7, 11) is 0. The maximum Gasteiger partial charge on any atom is 0.224 e. The van der Waals surface area contributed by atoms with Gasteiger partial charge in [-0.3, -0.25) is 9.69 Å². The maximum absolute atomic E-state index is 12.4. The number of nitrogens with zero attached hydrogens (tertiary/aromatic N) is 3. The summed E-state index contributed by atoms with van der Waals surface area (Å²) in [4.78, 5) is 14.9. The molecule has 7 heteroatoms. The molecule has 0 saturated carbocycles. The van der Waals surface area contributed by atoms with Gasteiger partial charge in [0.15, 0.2) is 0 Å². The number of hydrogen-bond acceptors (Lipinski definition) is 6. The zero-order chi connectivity index (χ0) is 15.4. The lowest BCUT2D eigenvalue weighted by Crippen LogP contribution is -2.48. The van der Waals surface area contributed by atoms with Gasteiger partial charge in [0.1, 0.15) is 11.4 Å². The lowest BCUT2D eigenvalue weighted by atomic mass is 9.94. The number of aromatic nitrogens is 2. The van der Waals surface area contributed by atoms with Crippen molar-refractivity contribution >= 4 is 5.91 Å². The van der Waals surface area contributed by atoms with Gasteiger partial charge < -0.3 is 10.1 Å². The van der Waals surface area contributed by atoms with Crippen LogP contribution < -0.4 is 5.32 Å². The molecule has 0 bridgehead atoms. The van der Waals surface area contributed by atoms with E-state index in [2.05, 4.69) is 25.2 Å². The second-order valence-electron chi connectivity index (χ2n) is 6.19. The van der Waals surface area contributed by atoms with Gasteiger partial charge in [0.2, 0.25) is 5.91 Å². The van der Waals surface area contributed by atoms with Gasteiger partial charge in [0.05, 0.1) is 12.5 Å². The molecule has 7 nitrogen and oxygen atoms in total. The van der Waals surface area contributed by atoms with Crippen LogP contribution in [0.4, 0.5) is 0 Å². The number of piperidine rings is 1. The molecule has 3 rings (SSSR count). The molecule has 0 unspecified atom stereocenters. The molecule has 0 radical (unpaired) electrons. The van der Waals surface area contributed by atoms with E-state index in [-0.39, 0.29) is 11.8 Å². The van der Waals surface area contributed by atoms with Gasteiger partial charge in [-0.15, -0.1) is 0 Å². The lowest BCUT2D eigenvalue weighted by molar-refractivity contribution is -0.127. The highest BCUT2D eigenvalue weighted by molar-refractivity contribution is 5.78. The van der Waals surface area contributed by atoms with Gasteiger partial charge in [0, 0.05) is 25.8 Å². The number of amides is 1. The Morgan fingerprint density at radius 3 is 2.86 bits per heavy atom. The molecule has 1 aromatic rings. The van der Waals surface area contributed by atoms with E-state index < -0.39 is 0 Å². The Morgan fingerprint density at radius 2 is 2.14 bits per heavy atom. The van der Waals surface area contributed by atoms with Crippen molar-refractivity contribution < 1.29 is 14.2 Å². The smallest absolute Gasteiger partial charge is 0.224 e. The molecule has 0 aromatic carbocycles. The van der Waals surface area contributed by atoms with Crippen molar-refractivity contribution in [1.82, 2.24) is 20.5 Å². The molecular formula is C15H24N4O3. The largest absolute Gasteiger partial charge is 0.381 e. The Hall–Kier alpha value is -1.47. The van der Waals surface area contributed by atoms with Crippen LogP contribution in [0.1, 0.15) is 37.1 Å². The van der Waals surface area contributed by atoms with Crippen molar-refractivity contribution in [3.8, 4) is 0 Å². The summed E-state index contributed by atoms with van der Waals surface area (Å²) in [6.07, 6.45) is 4.21. The third-order valence-electron chi connectivity index (χ3n) is 4.71. The van der Waals surface area contributed by atoms with Crippen LogP contribution in [0.15, 0.2) is 4.63 Å². The number of rotatable bonds is 4. The summed E-state index contributed by atoms with van der Waals surface area (Å²) >= 11 is 0. The highest BCUT2D eigenvalue weighted by atomic mass is 16.6. The van der Waals surface area contributed by atoms with Crippen LogP contribution in [-0.2, 0) is 16.1 Å². The van der Waals surface area contributed by atoms with E-state index >= 15 is 0 Å². The molecule has 2 aliphatic rings. The first-order chi connectivity index (χ1) is 10.7. The Labute approximate surface area is 130 Å². The highest BCUT2D eigenvalue weighted by Crippen LogP contribution is 2.23. The number of carbonyl (C=O) groups is 1. The summed E-state index contributed by atoms with van der Waals surface area (Å²) < 4.78 is 10.1. The summed E-state index contributed by atoms with van der Waals surface area (Å²) in [5, 5.41) is 10.5. The second-order valence-corrected chi connectivity index (χ2v) is 6.19. The molecule has 2 aliphatic heterocycles. The fourth-order valence-electron chi connectivity index (χ4n) is 3.33. The summed E-state index contributed by atoms with van der Waals surface area (Å²) in [5.41, 5.74) is 1.43. The van der Waals surface area contributed by atoms with Crippen LogP contribution >= 0.6 is 0 Å². The monoisotopic (exact) mass is 308 g/mol. The third kappa shape index (κ3) is 3.64. The van der Waals surface area contributed by atoms with Crippen molar-refractivity contribution in [3.63, 3.8) is 0 Å². The average molecular weight is 308 g/mol. The molecule has 1 atom stereocenters. The Bertz CT molecular complexity index is 499. The quantitative estimate of drug-likeness (QED) is 0.889. The zero-order valence-electron chi connectivity index (χ0n) is 13.1. The van der Waals surface area contributed by atoms with E-state index in [4.69, 9.17) is 4.74 Å². The molecule has 122 valence electrons. The van der Waals surface area contributed by atoms with Gasteiger partial charge in [-0.2, -0.15) is 0 Å². The third-order valence-corrected chi connectivity index (χ3v) is 4.71. The highest BCUT2D eigenvalue weighted by Gasteiger charge is 2.30. The summed E-state index contributed by atoms with van der Waals surface area (Å²) in [6, 6.07) is 0.575. The minimum absolute atomic E-state index is 0.0664. The van der Waals surface area contributed by atoms with Gasteiger partial charge in [-0.05, 0) is 39.2 Å². The van der Waals surface area contributed by atoms with E-state index in [0.717, 1.165) is 57.7 Å². The molecule has 1 amide bonds. The molecular weight excluding hydrogens is 284 g/mol. The van der Waals surface area contributed by atoms with Gasteiger partial charge in [0.25, 0.3) is 0 Å². The first-order valence-corrected chi connectivity index (χ1v) is 8.11. The van der Waals surface area contributed by atoms with E-state index in [1.54, 1.807) is 0 Å². The van der Waals surface area contributed by atoms with E-state index in [9.17, 15) is 4.79 Å². The average Bonchev–Trinajstić information content (AvgIpc) is 2.99. The molecule has 0 aliphatic carbocycles. The van der Waals surface area contributed by atoms with Crippen LogP contribution in [0.5, 0.6) is 0 Å². The molecule has 22 heavy (non-hydrogen) atoms. The van der Waals surface area contributed by atoms with Crippen LogP contribution in [0, 0.1) is 12.8 Å². The minimum Gasteiger partial charge on any atom is -0.381 e. The molecule has 2 saturated heterocycles. The van der Waals surface area contributed by atoms with Gasteiger partial charge in [-0.25, -0.2) is 4.63 Å². The molecule has 3 heterocycles. The van der Waals surface area contributed by atoms with E-state index in [0.29, 0.717) is 18.3 Å². The van der Waals surface area contributed by atoms with E-state index in [1.165, 1.54) is 0 Å². The summed E-state index contributed by atoms with van der Waals surface area (Å²) in [6.45, 7) is 5.85. The van der Waals surface area contributed by atoms with Crippen molar-refractivity contribution in [2.24, 2.45) is 5.92 Å². The topological polar surface area (TPSA) is 80.5 Å². The summed E-state index contributed by atoms with van der Waals surface area (Å²) in [5.74, 6) is 0.177. The van der Waals surface area contributed by atoms with Crippen LogP contribution in [0.25, 0.3) is 0 Å². The fraction of sp³-hybridized carbons (Fsp3) is 0.800. The normalized spacial score (nSPS) is 24.3. The first kappa shape index (κ1) is 15.4. The standard InChI is InChI=1S/C15H24N4O3/c1-11-14(18-22-17-11)9-16-15(20)12-3-2-6-19(10-12)13-4-7-21-8-5-13/h12-13H,2-10H2,1H3,(H,16,20)/t12-/m1/s1. The predicted molar refractivity (Wildman–Crippen MR) is 79.0 cm³/mol. The Morgan fingerprint density at radius 1 is 1.32 bits per heavy atom. The van der Waals surface area contributed by atoms with Crippen molar-refractivity contribution in [3.05, 3.63) is 11.4 Å². The Kier molecular flexibility index (Phi) is 5.04. The van der Waals surface area contributed by atoms with Crippen molar-refractivity contribution in [1.29, 1.82) is 0 Å². The maximum atomic E-state index is 12.4. The lowest BCUT2D eigenvalue weighted by Gasteiger charge is -2.39. The number of hydrogen-bond donors (Lipinski definition) is 1. The predicted octanol–water partition coefficient (Wildman–Crippen LogP) is 0.885. The van der Waals surface area contributed by atoms with Crippen LogP contribution in [0.3, 0.4) is 0 Å². The number of aryl methyl sites for hydroxylation is 1. The molecule has 2 fully saturated rings. The van der Waals surface area contributed by atoms with Gasteiger partial charge in [-0.1, -0.05) is 10.3 Å². The number of ether oxygens (including phenoxy) is 1. The minimum atomic E-state index is 0.0664. The first-order valence-electron chi connectivity index (χ1n) is 8.11. The number of carbonyl (C=O) groups excluding carboxylic acids is 1. The van der Waals surface area contributed by atoms with Gasteiger partial charge >= 0.3 is 0 Å².